The molecule has 2 N–H and O–H groups in total. The number of hydrogen-bond acceptors (Lipinski definition) is 6. The number of anilines is 1. The van der Waals surface area contributed by atoms with E-state index in [1.165, 1.54) is 6.07 Å². The molecule has 0 spiro atoms. The highest BCUT2D eigenvalue weighted by atomic mass is 16.4. The lowest BCUT2D eigenvalue weighted by atomic mass is 9.95. The highest BCUT2D eigenvalue weighted by molar-refractivity contribution is 5.91. The van der Waals surface area contributed by atoms with Crippen molar-refractivity contribution < 1.29 is 14.3 Å². The van der Waals surface area contributed by atoms with Gasteiger partial charge in [0, 0.05) is 35.7 Å². The molecular weight excluding hydrogens is 370 g/mol. The molecule has 0 unspecified atom stereocenters. The van der Waals surface area contributed by atoms with Crippen molar-refractivity contribution in [3.63, 3.8) is 0 Å². The van der Waals surface area contributed by atoms with E-state index in [1.54, 1.807) is 31.3 Å². The first-order chi connectivity index (χ1) is 14.0. The Hall–Kier alpha value is -3.19. The second-order valence-corrected chi connectivity index (χ2v) is 7.43. The average molecular weight is 393 g/mol. The molecule has 1 aromatic carbocycles. The Bertz CT molecular complexity index is 1090. The van der Waals surface area contributed by atoms with Gasteiger partial charge in [0.25, 0.3) is 0 Å². The predicted molar refractivity (Wildman–Crippen MR) is 110 cm³/mol. The molecule has 2 aromatic heterocycles. The molecule has 0 atom stereocenters. The van der Waals surface area contributed by atoms with Gasteiger partial charge >= 0.3 is 5.63 Å². The first kappa shape index (κ1) is 19.1. The number of phenols is 1. The van der Waals surface area contributed by atoms with Crippen LogP contribution in [0.2, 0.25) is 0 Å². The van der Waals surface area contributed by atoms with Gasteiger partial charge < -0.3 is 14.8 Å². The number of phenolic OH excluding ortho intramolecular Hbond substituents is 1. The van der Waals surface area contributed by atoms with Gasteiger partial charge in [-0.15, -0.1) is 0 Å². The number of aromatic hydroxyl groups is 1. The Morgan fingerprint density at radius 3 is 2.79 bits per heavy atom. The van der Waals surface area contributed by atoms with E-state index in [1.807, 2.05) is 12.1 Å². The maximum atomic E-state index is 12.5. The molecule has 7 heteroatoms. The smallest absolute Gasteiger partial charge is 0.336 e. The van der Waals surface area contributed by atoms with Gasteiger partial charge in [-0.25, -0.2) is 9.78 Å². The minimum Gasteiger partial charge on any atom is -0.508 e. The van der Waals surface area contributed by atoms with Crippen LogP contribution in [0.15, 0.2) is 51.8 Å². The summed E-state index contributed by atoms with van der Waals surface area (Å²) in [6, 6.07) is 10.3. The van der Waals surface area contributed by atoms with Crippen molar-refractivity contribution >= 4 is 22.7 Å². The summed E-state index contributed by atoms with van der Waals surface area (Å²) in [5, 5.41) is 13.6. The van der Waals surface area contributed by atoms with Crippen molar-refractivity contribution in [3.05, 3.63) is 64.1 Å². The minimum atomic E-state index is -0.425. The van der Waals surface area contributed by atoms with E-state index in [0.29, 0.717) is 23.5 Å². The number of benzene rings is 1. The third-order valence-electron chi connectivity index (χ3n) is 5.49. The summed E-state index contributed by atoms with van der Waals surface area (Å²) in [5.41, 5.74) is 1.44. The predicted octanol–water partition coefficient (Wildman–Crippen LogP) is 3.05. The number of nitrogens with one attached hydrogen (secondary N) is 1. The maximum Gasteiger partial charge on any atom is 0.336 e. The van der Waals surface area contributed by atoms with E-state index < -0.39 is 5.63 Å². The molecule has 3 heterocycles. The molecule has 0 radical (unpaired) electrons. The van der Waals surface area contributed by atoms with Crippen molar-refractivity contribution in [3.8, 4) is 5.75 Å². The lowest BCUT2D eigenvalue weighted by molar-refractivity contribution is -0.121. The molecule has 1 amide bonds. The minimum absolute atomic E-state index is 0.000236. The molecule has 0 aliphatic carbocycles. The molecule has 1 saturated heterocycles. The Balaban J connectivity index is 1.43. The number of fused-ring (bicyclic) bond motifs is 1. The van der Waals surface area contributed by atoms with E-state index >= 15 is 0 Å². The number of likely N-dealkylation sites (tertiary alicyclic amines) is 1. The number of pyridine rings is 1. The molecule has 0 saturated carbocycles. The molecule has 1 aliphatic rings. The van der Waals surface area contributed by atoms with E-state index in [0.717, 1.165) is 36.9 Å². The van der Waals surface area contributed by atoms with Crippen molar-refractivity contribution in [2.45, 2.75) is 26.3 Å². The molecule has 150 valence electrons. The molecule has 29 heavy (non-hydrogen) atoms. The van der Waals surface area contributed by atoms with E-state index in [9.17, 15) is 14.7 Å². The first-order valence-electron chi connectivity index (χ1n) is 9.71. The van der Waals surface area contributed by atoms with Crippen LogP contribution in [0.1, 0.15) is 24.0 Å². The summed E-state index contributed by atoms with van der Waals surface area (Å²) in [6.45, 7) is 3.86. The Labute approximate surface area is 168 Å². The molecular formula is C22H23N3O4. The quantitative estimate of drug-likeness (QED) is 0.662. The van der Waals surface area contributed by atoms with Crippen LogP contribution in [-0.2, 0) is 11.3 Å². The Morgan fingerprint density at radius 2 is 2.07 bits per heavy atom. The van der Waals surface area contributed by atoms with Crippen LogP contribution in [0.25, 0.3) is 11.0 Å². The van der Waals surface area contributed by atoms with Crippen molar-refractivity contribution in [1.82, 2.24) is 9.88 Å². The van der Waals surface area contributed by atoms with Crippen LogP contribution in [0.5, 0.6) is 5.75 Å². The lowest BCUT2D eigenvalue weighted by Gasteiger charge is -2.31. The van der Waals surface area contributed by atoms with Crippen LogP contribution in [0, 0.1) is 12.8 Å². The summed E-state index contributed by atoms with van der Waals surface area (Å²) >= 11 is 0. The van der Waals surface area contributed by atoms with Crippen LogP contribution < -0.4 is 10.9 Å². The number of hydrogen-bond donors (Lipinski definition) is 2. The molecule has 4 rings (SSSR count). The number of piperidine rings is 1. The maximum absolute atomic E-state index is 12.5. The summed E-state index contributed by atoms with van der Waals surface area (Å²) in [6.07, 6.45) is 3.15. The molecule has 1 aliphatic heterocycles. The van der Waals surface area contributed by atoms with Crippen molar-refractivity contribution in [2.75, 3.05) is 18.4 Å². The fourth-order valence-electron chi connectivity index (χ4n) is 3.81. The van der Waals surface area contributed by atoms with Gasteiger partial charge in [-0.1, -0.05) is 6.07 Å². The number of amides is 1. The van der Waals surface area contributed by atoms with Crippen LogP contribution in [0.4, 0.5) is 5.82 Å². The third kappa shape index (κ3) is 4.14. The summed E-state index contributed by atoms with van der Waals surface area (Å²) in [4.78, 5) is 30.8. The summed E-state index contributed by atoms with van der Waals surface area (Å²) < 4.78 is 5.32. The first-order valence-corrected chi connectivity index (χ1v) is 9.71. The van der Waals surface area contributed by atoms with Gasteiger partial charge in [-0.2, -0.15) is 0 Å². The third-order valence-corrected chi connectivity index (χ3v) is 5.49. The molecule has 3 aromatic rings. The van der Waals surface area contributed by atoms with Gasteiger partial charge in [0.2, 0.25) is 5.91 Å². The Kier molecular flexibility index (Phi) is 5.31. The van der Waals surface area contributed by atoms with Crippen LogP contribution in [0.3, 0.4) is 0 Å². The van der Waals surface area contributed by atoms with Gasteiger partial charge in [-0.3, -0.25) is 9.69 Å². The van der Waals surface area contributed by atoms with E-state index in [4.69, 9.17) is 4.42 Å². The normalized spacial score (nSPS) is 15.5. The zero-order valence-electron chi connectivity index (χ0n) is 16.2. The summed E-state index contributed by atoms with van der Waals surface area (Å²) in [5.74, 6) is 0.629. The summed E-state index contributed by atoms with van der Waals surface area (Å²) in [7, 11) is 0. The lowest BCUT2D eigenvalue weighted by Crippen LogP contribution is -2.38. The monoisotopic (exact) mass is 393 g/mol. The second-order valence-electron chi connectivity index (χ2n) is 7.43. The molecule has 1 fully saturated rings. The standard InChI is InChI=1S/C22H23N3O4/c1-14-18(26)6-5-17-16(12-20(27)29-21(14)17)13-25-10-7-15(8-11-25)22(28)24-19-4-2-3-9-23-19/h2-6,9,12,15,26H,7-8,10-11,13H2,1H3,(H,23,24,28). The van der Waals surface area contributed by atoms with Crippen molar-refractivity contribution in [2.24, 2.45) is 5.92 Å². The molecule has 7 nitrogen and oxygen atoms in total. The molecule has 0 bridgehead atoms. The number of carbonyl (C=O) groups is 1. The van der Waals surface area contributed by atoms with Gasteiger partial charge in [0.15, 0.2) is 0 Å². The van der Waals surface area contributed by atoms with Crippen LogP contribution >= 0.6 is 0 Å². The number of aryl methyl sites for hydroxylation is 1. The second kappa shape index (κ2) is 8.05. The fraction of sp³-hybridized carbons (Fsp3) is 0.318. The van der Waals surface area contributed by atoms with Crippen molar-refractivity contribution in [1.29, 1.82) is 0 Å². The van der Waals surface area contributed by atoms with E-state index in [-0.39, 0.29) is 17.6 Å². The average Bonchev–Trinajstić information content (AvgIpc) is 2.72. The zero-order valence-corrected chi connectivity index (χ0v) is 16.2. The largest absolute Gasteiger partial charge is 0.508 e. The number of carbonyl (C=O) groups excluding carboxylic acids is 1. The van der Waals surface area contributed by atoms with Crippen LogP contribution in [-0.4, -0.2) is 34.0 Å². The topological polar surface area (TPSA) is 95.7 Å². The Morgan fingerprint density at radius 1 is 1.28 bits per heavy atom. The number of aromatic nitrogens is 1. The number of rotatable bonds is 4. The van der Waals surface area contributed by atoms with Gasteiger partial charge in [0.05, 0.1) is 0 Å². The number of nitrogens with zero attached hydrogens (tertiary/aromatic N) is 2. The van der Waals surface area contributed by atoms with Gasteiger partial charge in [0.1, 0.15) is 17.2 Å². The highest BCUT2D eigenvalue weighted by Gasteiger charge is 2.26. The van der Waals surface area contributed by atoms with E-state index in [2.05, 4.69) is 15.2 Å². The fourth-order valence-corrected chi connectivity index (χ4v) is 3.81. The highest BCUT2D eigenvalue weighted by Crippen LogP contribution is 2.29. The SMILES string of the molecule is Cc1c(O)ccc2c(CN3CCC(C(=O)Nc4ccccn4)CC3)cc(=O)oc12. The van der Waals surface area contributed by atoms with Gasteiger partial charge in [-0.05, 0) is 62.7 Å². The zero-order chi connectivity index (χ0) is 20.4.